The van der Waals surface area contributed by atoms with Crippen LogP contribution in [0.1, 0.15) is 36.0 Å². The van der Waals surface area contributed by atoms with Gasteiger partial charge in [0.05, 0.1) is 11.2 Å². The Hall–Kier alpha value is -0.940. The molecule has 1 aliphatic carbocycles. The van der Waals surface area contributed by atoms with Crippen molar-refractivity contribution in [2.75, 3.05) is 13.6 Å². The van der Waals surface area contributed by atoms with E-state index in [1.807, 2.05) is 0 Å². The van der Waals surface area contributed by atoms with E-state index < -0.39 is 5.60 Å². The maximum Gasteiger partial charge on any atom is 0.256 e. The van der Waals surface area contributed by atoms with Crippen LogP contribution in [-0.4, -0.2) is 40.1 Å². The Labute approximate surface area is 115 Å². The molecule has 4 nitrogen and oxygen atoms in total. The van der Waals surface area contributed by atoms with E-state index in [0.717, 1.165) is 25.7 Å². The lowest BCUT2D eigenvalue weighted by Gasteiger charge is -2.28. The molecule has 0 radical (unpaired) electrons. The molecular formula is C13H17BrN2O2. The molecule has 1 saturated carbocycles. The Morgan fingerprint density at radius 3 is 2.83 bits per heavy atom. The quantitative estimate of drug-likeness (QED) is 0.871. The fraction of sp³-hybridized carbons (Fsp3) is 0.538. The second kappa shape index (κ2) is 5.36. The summed E-state index contributed by atoms with van der Waals surface area (Å²) in [6.07, 6.45) is 5.26. The third-order valence-corrected chi connectivity index (χ3v) is 4.03. The molecule has 0 saturated heterocycles. The van der Waals surface area contributed by atoms with E-state index >= 15 is 0 Å². The van der Waals surface area contributed by atoms with E-state index in [4.69, 9.17) is 0 Å². The van der Waals surface area contributed by atoms with Crippen LogP contribution in [0.25, 0.3) is 0 Å². The number of pyridine rings is 1. The summed E-state index contributed by atoms with van der Waals surface area (Å²) in [5.74, 6) is -0.115. The number of nitrogens with zero attached hydrogens (tertiary/aromatic N) is 2. The van der Waals surface area contributed by atoms with Crippen molar-refractivity contribution in [2.45, 2.75) is 31.3 Å². The second-order valence-corrected chi connectivity index (χ2v) is 5.69. The number of aliphatic hydroxyl groups is 1. The first-order valence-corrected chi connectivity index (χ1v) is 6.89. The molecular weight excluding hydrogens is 296 g/mol. The Bertz CT molecular complexity index is 444. The van der Waals surface area contributed by atoms with Crippen LogP contribution in [0.4, 0.5) is 0 Å². The van der Waals surface area contributed by atoms with Crippen LogP contribution in [0.3, 0.4) is 0 Å². The fourth-order valence-electron chi connectivity index (χ4n) is 2.46. The molecule has 1 N–H and O–H groups in total. The standard InChI is InChI=1S/C13H17BrN2O2/c1-16(9-13(18)6-2-3-7-13)12(17)10-5-4-8-15-11(10)14/h4-5,8,18H,2-3,6-7,9H2,1H3. The smallest absolute Gasteiger partial charge is 0.256 e. The number of hydrogen-bond donors (Lipinski definition) is 1. The number of halogens is 1. The predicted octanol–water partition coefficient (Wildman–Crippen LogP) is 2.22. The minimum absolute atomic E-state index is 0.115. The summed E-state index contributed by atoms with van der Waals surface area (Å²) in [5, 5.41) is 10.3. The zero-order chi connectivity index (χ0) is 13.2. The van der Waals surface area contributed by atoms with Crippen LogP contribution < -0.4 is 0 Å². The van der Waals surface area contributed by atoms with Crippen molar-refractivity contribution >= 4 is 21.8 Å². The summed E-state index contributed by atoms with van der Waals surface area (Å²) in [5.41, 5.74) is -0.180. The van der Waals surface area contributed by atoms with Crippen molar-refractivity contribution < 1.29 is 9.90 Å². The molecule has 1 heterocycles. The number of carbonyl (C=O) groups excluding carboxylic acids is 1. The van der Waals surface area contributed by atoms with Crippen LogP contribution in [0.15, 0.2) is 22.9 Å². The van der Waals surface area contributed by atoms with Gasteiger partial charge in [0, 0.05) is 19.8 Å². The highest BCUT2D eigenvalue weighted by molar-refractivity contribution is 9.10. The van der Waals surface area contributed by atoms with Gasteiger partial charge in [0.15, 0.2) is 0 Å². The second-order valence-electron chi connectivity index (χ2n) is 4.93. The number of carbonyl (C=O) groups is 1. The van der Waals surface area contributed by atoms with Gasteiger partial charge in [-0.25, -0.2) is 4.98 Å². The molecule has 1 aromatic heterocycles. The molecule has 0 unspecified atom stereocenters. The Morgan fingerprint density at radius 2 is 2.22 bits per heavy atom. The number of hydrogen-bond acceptors (Lipinski definition) is 3. The first-order chi connectivity index (χ1) is 8.52. The van der Waals surface area contributed by atoms with E-state index in [1.165, 1.54) is 0 Å². The Kier molecular flexibility index (Phi) is 4.02. The topological polar surface area (TPSA) is 53.4 Å². The normalized spacial score (nSPS) is 17.7. The maximum atomic E-state index is 12.2. The average molecular weight is 313 g/mol. The average Bonchev–Trinajstić information content (AvgIpc) is 2.75. The van der Waals surface area contributed by atoms with Gasteiger partial charge in [0.1, 0.15) is 4.60 Å². The van der Waals surface area contributed by atoms with E-state index in [1.54, 1.807) is 30.3 Å². The molecule has 5 heteroatoms. The van der Waals surface area contributed by atoms with Crippen LogP contribution in [-0.2, 0) is 0 Å². The van der Waals surface area contributed by atoms with Crippen molar-refractivity contribution in [3.05, 3.63) is 28.5 Å². The molecule has 1 amide bonds. The minimum atomic E-state index is -0.709. The first-order valence-electron chi connectivity index (χ1n) is 6.10. The predicted molar refractivity (Wildman–Crippen MR) is 72.3 cm³/mol. The molecule has 0 aromatic carbocycles. The van der Waals surface area contributed by atoms with Crippen LogP contribution in [0, 0.1) is 0 Å². The van der Waals surface area contributed by atoms with Gasteiger partial charge < -0.3 is 10.0 Å². The van der Waals surface area contributed by atoms with Crippen LogP contribution >= 0.6 is 15.9 Å². The summed E-state index contributed by atoms with van der Waals surface area (Å²) >= 11 is 3.27. The largest absolute Gasteiger partial charge is 0.388 e. The Balaban J connectivity index is 2.07. The van der Waals surface area contributed by atoms with E-state index in [-0.39, 0.29) is 5.91 Å². The fourth-order valence-corrected chi connectivity index (χ4v) is 2.88. The molecule has 1 aliphatic rings. The Morgan fingerprint density at radius 1 is 1.56 bits per heavy atom. The molecule has 98 valence electrons. The van der Waals surface area contributed by atoms with Crippen molar-refractivity contribution in [2.24, 2.45) is 0 Å². The lowest BCUT2D eigenvalue weighted by atomic mass is 10.0. The summed E-state index contributed by atoms with van der Waals surface area (Å²) in [4.78, 5) is 17.9. The third kappa shape index (κ3) is 2.90. The van der Waals surface area contributed by atoms with E-state index in [0.29, 0.717) is 16.7 Å². The monoisotopic (exact) mass is 312 g/mol. The molecule has 18 heavy (non-hydrogen) atoms. The molecule has 1 aromatic rings. The number of aromatic nitrogens is 1. The summed E-state index contributed by atoms with van der Waals surface area (Å²) in [7, 11) is 1.72. The van der Waals surface area contributed by atoms with Gasteiger partial charge in [-0.3, -0.25) is 4.79 Å². The van der Waals surface area contributed by atoms with Gasteiger partial charge in [-0.15, -0.1) is 0 Å². The van der Waals surface area contributed by atoms with Gasteiger partial charge in [0.2, 0.25) is 0 Å². The lowest BCUT2D eigenvalue weighted by molar-refractivity contribution is 0.0156. The van der Waals surface area contributed by atoms with E-state index in [2.05, 4.69) is 20.9 Å². The van der Waals surface area contributed by atoms with Gasteiger partial charge in [-0.2, -0.15) is 0 Å². The lowest BCUT2D eigenvalue weighted by Crippen LogP contribution is -2.42. The number of amides is 1. The molecule has 0 aliphatic heterocycles. The molecule has 1 fully saturated rings. The minimum Gasteiger partial charge on any atom is -0.388 e. The van der Waals surface area contributed by atoms with Gasteiger partial charge in [0.25, 0.3) is 5.91 Å². The van der Waals surface area contributed by atoms with Gasteiger partial charge in [-0.05, 0) is 40.9 Å². The molecule has 0 bridgehead atoms. The zero-order valence-electron chi connectivity index (χ0n) is 10.4. The van der Waals surface area contributed by atoms with Crippen molar-refractivity contribution in [1.82, 2.24) is 9.88 Å². The molecule has 0 atom stereocenters. The third-order valence-electron chi connectivity index (χ3n) is 3.40. The SMILES string of the molecule is CN(CC1(O)CCCC1)C(=O)c1cccnc1Br. The van der Waals surface area contributed by atoms with Crippen LogP contribution in [0.2, 0.25) is 0 Å². The highest BCUT2D eigenvalue weighted by Crippen LogP contribution is 2.30. The highest BCUT2D eigenvalue weighted by atomic mass is 79.9. The van der Waals surface area contributed by atoms with Crippen LogP contribution in [0.5, 0.6) is 0 Å². The summed E-state index contributed by atoms with van der Waals surface area (Å²) < 4.78 is 0.542. The van der Waals surface area contributed by atoms with Gasteiger partial charge in [-0.1, -0.05) is 12.8 Å². The first kappa shape index (κ1) is 13.5. The summed E-state index contributed by atoms with van der Waals surface area (Å²) in [6, 6.07) is 3.46. The highest BCUT2D eigenvalue weighted by Gasteiger charge is 2.33. The van der Waals surface area contributed by atoms with Crippen molar-refractivity contribution in [3.8, 4) is 0 Å². The number of rotatable bonds is 3. The van der Waals surface area contributed by atoms with Gasteiger partial charge >= 0.3 is 0 Å². The summed E-state index contributed by atoms with van der Waals surface area (Å²) in [6.45, 7) is 0.382. The number of likely N-dealkylation sites (N-methyl/N-ethyl adjacent to an activating group) is 1. The maximum absolute atomic E-state index is 12.2. The molecule has 0 spiro atoms. The molecule has 2 rings (SSSR count). The zero-order valence-corrected chi connectivity index (χ0v) is 12.0. The van der Waals surface area contributed by atoms with Crippen molar-refractivity contribution in [1.29, 1.82) is 0 Å². The van der Waals surface area contributed by atoms with E-state index in [9.17, 15) is 9.90 Å². The van der Waals surface area contributed by atoms with Crippen molar-refractivity contribution in [3.63, 3.8) is 0 Å².